The van der Waals surface area contributed by atoms with Crippen molar-refractivity contribution in [2.45, 2.75) is 64.3 Å². The van der Waals surface area contributed by atoms with Gasteiger partial charge in [-0.25, -0.2) is 13.2 Å². The molecule has 1 aromatic heterocycles. The van der Waals surface area contributed by atoms with Crippen molar-refractivity contribution in [3.8, 4) is 0 Å². The van der Waals surface area contributed by atoms with Gasteiger partial charge in [0.2, 0.25) is 10.0 Å². The van der Waals surface area contributed by atoms with E-state index in [2.05, 4.69) is 5.32 Å². The third-order valence-electron chi connectivity index (χ3n) is 5.29. The number of carbonyl (C=O) groups excluding carboxylic acids is 2. The molecule has 10 nitrogen and oxygen atoms in total. The predicted molar refractivity (Wildman–Crippen MR) is 126 cm³/mol. The zero-order chi connectivity index (χ0) is 25.3. The van der Waals surface area contributed by atoms with E-state index in [-0.39, 0.29) is 47.4 Å². The minimum atomic E-state index is -3.93. The summed E-state index contributed by atoms with van der Waals surface area (Å²) >= 11 is 0. The summed E-state index contributed by atoms with van der Waals surface area (Å²) in [5.41, 5.74) is -1.12. The molecule has 0 bridgehead atoms. The van der Waals surface area contributed by atoms with Crippen LogP contribution in [0.5, 0.6) is 0 Å². The van der Waals surface area contributed by atoms with Crippen LogP contribution >= 0.6 is 0 Å². The van der Waals surface area contributed by atoms with Crippen LogP contribution in [0.1, 0.15) is 41.0 Å². The second-order valence-corrected chi connectivity index (χ2v) is 11.5. The summed E-state index contributed by atoms with van der Waals surface area (Å²) < 4.78 is 39.7. The molecular formula is C23H31N3O7S. The topological polar surface area (TPSA) is 124 Å². The van der Waals surface area contributed by atoms with Gasteiger partial charge in [-0.05, 0) is 45.4 Å². The number of rotatable bonds is 6. The molecule has 1 atom stereocenters. The Hall–Kier alpha value is -2.92. The van der Waals surface area contributed by atoms with Gasteiger partial charge >= 0.3 is 12.1 Å². The first kappa shape index (κ1) is 25.7. The fraction of sp³-hybridized carbons (Fsp3) is 0.522. The highest BCUT2D eigenvalue weighted by atomic mass is 32.2. The molecule has 1 N–H and O–H groups in total. The van der Waals surface area contributed by atoms with E-state index < -0.39 is 33.2 Å². The summed E-state index contributed by atoms with van der Waals surface area (Å²) in [6, 6.07) is 5.64. The van der Waals surface area contributed by atoms with Crippen LogP contribution in [0.2, 0.25) is 0 Å². The molecule has 1 aromatic carbocycles. The van der Waals surface area contributed by atoms with Crippen molar-refractivity contribution in [1.82, 2.24) is 14.2 Å². The minimum Gasteiger partial charge on any atom is -0.444 e. The van der Waals surface area contributed by atoms with E-state index >= 15 is 0 Å². The van der Waals surface area contributed by atoms with Crippen LogP contribution in [-0.4, -0.2) is 54.1 Å². The molecule has 186 valence electrons. The van der Waals surface area contributed by atoms with Gasteiger partial charge in [0.25, 0.3) is 5.56 Å². The number of alkyl carbamates (subject to hydrolysis) is 1. The lowest BCUT2D eigenvalue weighted by Gasteiger charge is -2.22. The standard InChI is InChI=1S/C23H31N3O7S/c1-15(2)21(28)32-14-25-11-10-17-18(20(25)27)7-6-8-19(17)34(30,31)26-12-9-16(13-26)24-22(29)33-23(3,4)5/h6-8,10-11,15-16H,9,12-14H2,1-5H3,(H,24,29). The molecule has 1 amide bonds. The van der Waals surface area contributed by atoms with Crippen molar-refractivity contribution < 1.29 is 27.5 Å². The zero-order valence-corrected chi connectivity index (χ0v) is 20.8. The first-order valence-corrected chi connectivity index (χ1v) is 12.5. The van der Waals surface area contributed by atoms with E-state index in [4.69, 9.17) is 9.47 Å². The number of benzene rings is 1. The van der Waals surface area contributed by atoms with E-state index in [0.29, 0.717) is 6.42 Å². The molecular weight excluding hydrogens is 462 g/mol. The number of nitrogens with zero attached hydrogens (tertiary/aromatic N) is 2. The van der Waals surface area contributed by atoms with Crippen LogP contribution in [0.4, 0.5) is 4.79 Å². The number of aromatic nitrogens is 1. The molecule has 1 aliphatic heterocycles. The molecule has 11 heteroatoms. The van der Waals surface area contributed by atoms with Crippen LogP contribution in [-0.2, 0) is 31.0 Å². The number of hydrogen-bond acceptors (Lipinski definition) is 7. The molecule has 0 aliphatic carbocycles. The fourth-order valence-electron chi connectivity index (χ4n) is 3.59. The zero-order valence-electron chi connectivity index (χ0n) is 20.0. The molecule has 2 heterocycles. The summed E-state index contributed by atoms with van der Waals surface area (Å²) in [6.07, 6.45) is 1.26. The van der Waals surface area contributed by atoms with Gasteiger partial charge < -0.3 is 14.8 Å². The predicted octanol–water partition coefficient (Wildman–Crippen LogP) is 2.45. The van der Waals surface area contributed by atoms with E-state index in [9.17, 15) is 22.8 Å². The maximum Gasteiger partial charge on any atom is 0.407 e. The van der Waals surface area contributed by atoms with Crippen LogP contribution in [0.3, 0.4) is 0 Å². The Bertz CT molecular complexity index is 1250. The van der Waals surface area contributed by atoms with Crippen molar-refractivity contribution in [3.63, 3.8) is 0 Å². The number of esters is 1. The largest absolute Gasteiger partial charge is 0.444 e. The van der Waals surface area contributed by atoms with Crippen molar-refractivity contribution in [1.29, 1.82) is 0 Å². The van der Waals surface area contributed by atoms with E-state index in [1.54, 1.807) is 34.6 Å². The van der Waals surface area contributed by atoms with Gasteiger partial charge in [0.15, 0.2) is 6.73 Å². The summed E-state index contributed by atoms with van der Waals surface area (Å²) in [6.45, 7) is 8.69. The molecule has 0 radical (unpaired) electrons. The van der Waals surface area contributed by atoms with Gasteiger partial charge in [-0.3, -0.25) is 14.2 Å². The van der Waals surface area contributed by atoms with Crippen LogP contribution in [0.15, 0.2) is 40.2 Å². The third-order valence-corrected chi connectivity index (χ3v) is 7.21. The van der Waals surface area contributed by atoms with Crippen LogP contribution in [0.25, 0.3) is 10.8 Å². The van der Waals surface area contributed by atoms with Gasteiger partial charge in [-0.15, -0.1) is 0 Å². The number of hydrogen-bond donors (Lipinski definition) is 1. The van der Waals surface area contributed by atoms with E-state index in [1.165, 1.54) is 39.3 Å². The lowest BCUT2D eigenvalue weighted by atomic mass is 10.2. The van der Waals surface area contributed by atoms with E-state index in [1.807, 2.05) is 0 Å². The van der Waals surface area contributed by atoms with Gasteiger partial charge in [0.05, 0.1) is 10.8 Å². The number of ether oxygens (including phenoxy) is 2. The summed E-state index contributed by atoms with van der Waals surface area (Å²) in [5, 5.41) is 3.19. The smallest absolute Gasteiger partial charge is 0.407 e. The molecule has 0 saturated carbocycles. The van der Waals surface area contributed by atoms with Crippen LogP contribution < -0.4 is 10.9 Å². The van der Waals surface area contributed by atoms with Crippen molar-refractivity contribution in [3.05, 3.63) is 40.8 Å². The highest BCUT2D eigenvalue weighted by Gasteiger charge is 2.35. The van der Waals surface area contributed by atoms with Crippen molar-refractivity contribution in [2.75, 3.05) is 13.1 Å². The van der Waals surface area contributed by atoms with Gasteiger partial charge in [-0.2, -0.15) is 4.31 Å². The maximum atomic E-state index is 13.4. The average Bonchev–Trinajstić information content (AvgIpc) is 3.20. The average molecular weight is 494 g/mol. The lowest BCUT2D eigenvalue weighted by molar-refractivity contribution is -0.151. The first-order valence-electron chi connectivity index (χ1n) is 11.1. The first-order chi connectivity index (χ1) is 15.8. The second kappa shape index (κ2) is 9.75. The van der Waals surface area contributed by atoms with Gasteiger partial charge in [0, 0.05) is 36.1 Å². The second-order valence-electron chi connectivity index (χ2n) is 9.55. The van der Waals surface area contributed by atoms with Gasteiger partial charge in [0.1, 0.15) is 5.60 Å². The van der Waals surface area contributed by atoms with Crippen molar-refractivity contribution >= 4 is 32.9 Å². The quantitative estimate of drug-likeness (QED) is 0.613. The van der Waals surface area contributed by atoms with Crippen LogP contribution in [0, 0.1) is 5.92 Å². The Labute approximate surface area is 198 Å². The molecule has 34 heavy (non-hydrogen) atoms. The summed E-state index contributed by atoms with van der Waals surface area (Å²) in [4.78, 5) is 36.7. The number of pyridine rings is 1. The Morgan fingerprint density at radius 1 is 1.18 bits per heavy atom. The van der Waals surface area contributed by atoms with Crippen molar-refractivity contribution in [2.24, 2.45) is 5.92 Å². The maximum absolute atomic E-state index is 13.4. The highest BCUT2D eigenvalue weighted by molar-refractivity contribution is 7.89. The molecule has 1 saturated heterocycles. The van der Waals surface area contributed by atoms with Gasteiger partial charge in [-0.1, -0.05) is 19.9 Å². The number of nitrogens with one attached hydrogen (secondary N) is 1. The fourth-order valence-corrected chi connectivity index (χ4v) is 5.30. The Morgan fingerprint density at radius 3 is 2.53 bits per heavy atom. The lowest BCUT2D eigenvalue weighted by Crippen LogP contribution is -2.41. The number of fused-ring (bicyclic) bond motifs is 1. The SMILES string of the molecule is CC(C)C(=O)OCn1ccc2c(S(=O)(=O)N3CCC(NC(=O)OC(C)(C)C)C3)cccc2c1=O. The normalized spacial score (nSPS) is 17.2. The minimum absolute atomic E-state index is 0.00587. The number of amides is 1. The molecule has 1 fully saturated rings. The summed E-state index contributed by atoms with van der Waals surface area (Å²) in [7, 11) is -3.93. The Balaban J connectivity index is 1.81. The Kier molecular flexibility index (Phi) is 7.37. The monoisotopic (exact) mass is 493 g/mol. The molecule has 2 aromatic rings. The summed E-state index contributed by atoms with van der Waals surface area (Å²) in [5.74, 6) is -0.770. The number of sulfonamides is 1. The Morgan fingerprint density at radius 2 is 1.88 bits per heavy atom. The molecule has 1 unspecified atom stereocenters. The van der Waals surface area contributed by atoms with E-state index in [0.717, 1.165) is 0 Å². The molecule has 3 rings (SSSR count). The number of carbonyl (C=O) groups is 2. The highest BCUT2D eigenvalue weighted by Crippen LogP contribution is 2.27. The molecule has 0 spiro atoms. The molecule has 1 aliphatic rings. The third kappa shape index (κ3) is 5.76.